The van der Waals surface area contributed by atoms with Crippen LogP contribution in [0.4, 0.5) is 13.2 Å². The number of alkyl halides is 3. The van der Waals surface area contributed by atoms with Crippen LogP contribution in [0.2, 0.25) is 10.0 Å². The zero-order valence-corrected chi connectivity index (χ0v) is 21.8. The van der Waals surface area contributed by atoms with E-state index in [4.69, 9.17) is 23.2 Å². The average Bonchev–Trinajstić information content (AvgIpc) is 3.11. The van der Waals surface area contributed by atoms with Gasteiger partial charge in [0.2, 0.25) is 0 Å². The fourth-order valence-electron chi connectivity index (χ4n) is 5.11. The van der Waals surface area contributed by atoms with Gasteiger partial charge in [0.25, 0.3) is 5.91 Å². The third-order valence-electron chi connectivity index (χ3n) is 6.91. The second-order valence-electron chi connectivity index (χ2n) is 9.66. The second kappa shape index (κ2) is 10.1. The largest absolute Gasteiger partial charge is 0.416 e. The lowest BCUT2D eigenvalue weighted by Crippen LogP contribution is -2.39. The van der Waals surface area contributed by atoms with Gasteiger partial charge in [0, 0.05) is 41.7 Å². The van der Waals surface area contributed by atoms with Crippen molar-refractivity contribution >= 4 is 45.8 Å². The number of hydrogen-bond donors (Lipinski definition) is 0. The van der Waals surface area contributed by atoms with Crippen LogP contribution < -0.4 is 0 Å². The maximum Gasteiger partial charge on any atom is 0.416 e. The molecule has 4 rings (SSSR count). The zero-order valence-electron chi connectivity index (χ0n) is 20.3. The van der Waals surface area contributed by atoms with Crippen molar-refractivity contribution in [3.8, 4) is 0 Å². The van der Waals surface area contributed by atoms with Gasteiger partial charge in [0.1, 0.15) is 5.78 Å². The van der Waals surface area contributed by atoms with E-state index in [1.54, 1.807) is 44.0 Å². The van der Waals surface area contributed by atoms with Gasteiger partial charge in [-0.25, -0.2) is 0 Å². The number of nitrogens with zero attached hydrogens (tertiary/aromatic N) is 2. The SMILES string of the molecule is CC(=O)CC1CCN(C(=O)c2ccc(Cl)c(Cn3cc(C)c4cc(C(F)(F)F)cc(C)c43)c2Cl)CC1. The summed E-state index contributed by atoms with van der Waals surface area (Å²) < 4.78 is 41.9. The number of fused-ring (bicyclic) bond motifs is 1. The van der Waals surface area contributed by atoms with Crippen LogP contribution in [0.5, 0.6) is 0 Å². The first-order valence-electron chi connectivity index (χ1n) is 11.8. The van der Waals surface area contributed by atoms with E-state index in [2.05, 4.69) is 0 Å². The van der Waals surface area contributed by atoms with Crippen molar-refractivity contribution in [1.29, 1.82) is 0 Å². The Morgan fingerprint density at radius 3 is 2.33 bits per heavy atom. The predicted octanol–water partition coefficient (Wildman–Crippen LogP) is 7.46. The minimum atomic E-state index is -4.44. The molecule has 0 aliphatic carbocycles. The molecule has 2 aromatic carbocycles. The molecule has 1 aliphatic rings. The summed E-state index contributed by atoms with van der Waals surface area (Å²) in [5.41, 5.74) is 2.03. The van der Waals surface area contributed by atoms with Crippen molar-refractivity contribution in [3.05, 3.63) is 68.3 Å². The molecule has 0 N–H and O–H groups in total. The summed E-state index contributed by atoms with van der Waals surface area (Å²) in [6, 6.07) is 5.54. The molecule has 9 heteroatoms. The van der Waals surface area contributed by atoms with Gasteiger partial charge in [-0.2, -0.15) is 13.2 Å². The first-order valence-corrected chi connectivity index (χ1v) is 12.5. The number of ketones is 1. The summed E-state index contributed by atoms with van der Waals surface area (Å²) in [7, 11) is 0. The molecule has 3 aromatic rings. The Bertz CT molecular complexity index is 1340. The second-order valence-corrected chi connectivity index (χ2v) is 10.4. The summed E-state index contributed by atoms with van der Waals surface area (Å²) >= 11 is 13.2. The Hall–Kier alpha value is -2.51. The van der Waals surface area contributed by atoms with E-state index in [0.29, 0.717) is 57.7 Å². The fourth-order valence-corrected chi connectivity index (χ4v) is 5.68. The number of halogens is 5. The van der Waals surface area contributed by atoms with Crippen molar-refractivity contribution in [2.75, 3.05) is 13.1 Å². The molecule has 0 saturated carbocycles. The summed E-state index contributed by atoms with van der Waals surface area (Å²) in [6.45, 7) is 6.29. The van der Waals surface area contributed by atoms with Gasteiger partial charge >= 0.3 is 6.18 Å². The number of likely N-dealkylation sites (tertiary alicyclic amines) is 1. The van der Waals surface area contributed by atoms with Gasteiger partial charge in [0.05, 0.1) is 28.2 Å². The maximum absolute atomic E-state index is 13.3. The van der Waals surface area contributed by atoms with E-state index in [1.807, 2.05) is 4.57 Å². The Balaban J connectivity index is 1.64. The highest BCUT2D eigenvalue weighted by Crippen LogP contribution is 2.37. The van der Waals surface area contributed by atoms with Crippen molar-refractivity contribution in [2.45, 2.75) is 52.8 Å². The van der Waals surface area contributed by atoms with E-state index in [-0.39, 0.29) is 29.2 Å². The zero-order chi connectivity index (χ0) is 26.4. The number of carbonyl (C=O) groups excluding carboxylic acids is 2. The van der Waals surface area contributed by atoms with Gasteiger partial charge < -0.3 is 14.3 Å². The van der Waals surface area contributed by atoms with Gasteiger partial charge in [-0.3, -0.25) is 4.79 Å². The number of Topliss-reactive ketones (excluding diaryl/α,β-unsaturated/α-hetero) is 1. The van der Waals surface area contributed by atoms with Crippen LogP contribution in [0.1, 0.15) is 58.8 Å². The monoisotopic (exact) mass is 538 g/mol. The molecule has 36 heavy (non-hydrogen) atoms. The minimum absolute atomic E-state index is 0.155. The van der Waals surface area contributed by atoms with Crippen molar-refractivity contribution < 1.29 is 22.8 Å². The summed E-state index contributed by atoms with van der Waals surface area (Å²) in [4.78, 5) is 26.4. The number of aryl methyl sites for hydroxylation is 2. The molecule has 4 nitrogen and oxygen atoms in total. The van der Waals surface area contributed by atoms with Gasteiger partial charge in [-0.15, -0.1) is 0 Å². The number of hydrogen-bond acceptors (Lipinski definition) is 2. The summed E-state index contributed by atoms with van der Waals surface area (Å²) in [5, 5.41) is 1.12. The molecule has 1 aromatic heterocycles. The number of benzene rings is 2. The third kappa shape index (κ3) is 5.28. The van der Waals surface area contributed by atoms with Crippen molar-refractivity contribution in [1.82, 2.24) is 9.47 Å². The number of aromatic nitrogens is 1. The molecule has 2 heterocycles. The highest BCUT2D eigenvalue weighted by atomic mass is 35.5. The number of piperidine rings is 1. The Kier molecular flexibility index (Phi) is 7.45. The lowest BCUT2D eigenvalue weighted by molar-refractivity contribution is -0.137. The Morgan fingerprint density at radius 2 is 1.72 bits per heavy atom. The van der Waals surface area contributed by atoms with E-state index in [1.165, 1.54) is 0 Å². The quantitative estimate of drug-likeness (QED) is 0.338. The van der Waals surface area contributed by atoms with Crippen LogP contribution >= 0.6 is 23.2 Å². The molecule has 0 bridgehead atoms. The number of carbonyl (C=O) groups is 2. The molecule has 0 radical (unpaired) electrons. The molecule has 192 valence electrons. The first-order chi connectivity index (χ1) is 16.9. The summed E-state index contributed by atoms with van der Waals surface area (Å²) in [5.74, 6) is 0.246. The molecule has 0 atom stereocenters. The van der Waals surface area contributed by atoms with Crippen LogP contribution in [0, 0.1) is 19.8 Å². The Morgan fingerprint density at radius 1 is 1.06 bits per heavy atom. The molecule has 0 unspecified atom stereocenters. The van der Waals surface area contributed by atoms with E-state index in [0.717, 1.165) is 25.0 Å². The van der Waals surface area contributed by atoms with Gasteiger partial charge in [0.15, 0.2) is 0 Å². The number of amides is 1. The fraction of sp³-hybridized carbons (Fsp3) is 0.407. The highest BCUT2D eigenvalue weighted by molar-refractivity contribution is 6.38. The third-order valence-corrected chi connectivity index (χ3v) is 7.70. The molecular formula is C27H27Cl2F3N2O2. The molecule has 1 aliphatic heterocycles. The minimum Gasteiger partial charge on any atom is -0.342 e. The van der Waals surface area contributed by atoms with Crippen molar-refractivity contribution in [2.24, 2.45) is 5.92 Å². The van der Waals surface area contributed by atoms with E-state index < -0.39 is 11.7 Å². The van der Waals surface area contributed by atoms with Gasteiger partial charge in [-0.05, 0) is 74.9 Å². The van der Waals surface area contributed by atoms with E-state index in [9.17, 15) is 22.8 Å². The lowest BCUT2D eigenvalue weighted by Gasteiger charge is -2.32. The maximum atomic E-state index is 13.3. The smallest absolute Gasteiger partial charge is 0.342 e. The van der Waals surface area contributed by atoms with Crippen LogP contribution in [0.3, 0.4) is 0 Å². The number of rotatable bonds is 5. The van der Waals surface area contributed by atoms with Crippen LogP contribution in [0.15, 0.2) is 30.5 Å². The molecular weight excluding hydrogens is 512 g/mol. The van der Waals surface area contributed by atoms with Crippen LogP contribution in [-0.2, 0) is 17.5 Å². The summed E-state index contributed by atoms with van der Waals surface area (Å²) in [6.07, 6.45) is -0.607. The van der Waals surface area contributed by atoms with Gasteiger partial charge in [-0.1, -0.05) is 23.2 Å². The lowest BCUT2D eigenvalue weighted by atomic mass is 9.91. The molecule has 1 saturated heterocycles. The van der Waals surface area contributed by atoms with Crippen LogP contribution in [-0.4, -0.2) is 34.2 Å². The topological polar surface area (TPSA) is 42.3 Å². The molecule has 1 amide bonds. The van der Waals surface area contributed by atoms with E-state index >= 15 is 0 Å². The predicted molar refractivity (Wildman–Crippen MR) is 136 cm³/mol. The Labute approximate surface area is 218 Å². The molecule has 0 spiro atoms. The van der Waals surface area contributed by atoms with Crippen molar-refractivity contribution in [3.63, 3.8) is 0 Å². The average molecular weight is 539 g/mol. The standard InChI is InChI=1S/C27H27Cl2F3N2O2/c1-15-10-19(27(30,31)32)12-21-16(2)13-34(25(15)21)14-22-23(28)5-4-20(24(22)29)26(36)33-8-6-18(7-9-33)11-17(3)35/h4-5,10,12-13,18H,6-9,11,14H2,1-3H3. The van der Waals surface area contributed by atoms with Crippen LogP contribution in [0.25, 0.3) is 10.9 Å². The molecule has 1 fully saturated rings. The highest BCUT2D eigenvalue weighted by Gasteiger charge is 2.32. The first kappa shape index (κ1) is 26.6. The normalized spacial score (nSPS) is 15.1.